The molecule has 1 rings (SSSR count). The molecule has 0 aromatic carbocycles. The van der Waals surface area contributed by atoms with Gasteiger partial charge in [-0.2, -0.15) is 0 Å². The molecule has 1 N–H and O–H groups in total. The first-order chi connectivity index (χ1) is 7.49. The van der Waals surface area contributed by atoms with E-state index in [2.05, 4.69) is 4.90 Å². The number of rotatable bonds is 6. The highest BCUT2D eigenvalue weighted by molar-refractivity contribution is 7.91. The standard InChI is InChI=1S/C10H19NO4S/c12-10(13)4-2-1-3-5-11-6-8-16(14,15)9-7-11/h1-9H2,(H,12,13). The Morgan fingerprint density at radius 1 is 1.12 bits per heavy atom. The molecule has 0 amide bonds. The third kappa shape index (κ3) is 5.46. The first kappa shape index (κ1) is 13.4. The van der Waals surface area contributed by atoms with Crippen molar-refractivity contribution >= 4 is 15.8 Å². The number of nitrogens with zero attached hydrogens (tertiary/aromatic N) is 1. The predicted octanol–water partition coefficient (Wildman–Crippen LogP) is 0.362. The van der Waals surface area contributed by atoms with Crippen molar-refractivity contribution in [2.24, 2.45) is 0 Å². The fourth-order valence-electron chi connectivity index (χ4n) is 1.76. The van der Waals surface area contributed by atoms with Gasteiger partial charge in [-0.25, -0.2) is 8.42 Å². The lowest BCUT2D eigenvalue weighted by molar-refractivity contribution is -0.137. The van der Waals surface area contributed by atoms with E-state index in [0.29, 0.717) is 19.5 Å². The SMILES string of the molecule is O=C(O)CCCCCN1CCS(=O)(=O)CC1. The van der Waals surface area contributed by atoms with Crippen molar-refractivity contribution in [3.8, 4) is 0 Å². The van der Waals surface area contributed by atoms with E-state index in [9.17, 15) is 13.2 Å². The van der Waals surface area contributed by atoms with Gasteiger partial charge in [0.2, 0.25) is 0 Å². The maximum absolute atomic E-state index is 11.2. The Morgan fingerprint density at radius 3 is 2.31 bits per heavy atom. The van der Waals surface area contributed by atoms with Crippen molar-refractivity contribution in [1.82, 2.24) is 4.90 Å². The Kier molecular flexibility index (Phi) is 5.21. The zero-order valence-corrected chi connectivity index (χ0v) is 10.2. The second kappa shape index (κ2) is 6.20. The van der Waals surface area contributed by atoms with Crippen LogP contribution in [0.5, 0.6) is 0 Å². The highest BCUT2D eigenvalue weighted by Crippen LogP contribution is 2.06. The molecule has 1 aliphatic heterocycles. The first-order valence-electron chi connectivity index (χ1n) is 5.64. The van der Waals surface area contributed by atoms with Crippen molar-refractivity contribution in [2.45, 2.75) is 25.7 Å². The Bertz CT molecular complexity index is 312. The van der Waals surface area contributed by atoms with Crippen LogP contribution in [0.3, 0.4) is 0 Å². The van der Waals surface area contributed by atoms with Crippen LogP contribution in [0.1, 0.15) is 25.7 Å². The Labute approximate surface area is 96.4 Å². The molecule has 0 aliphatic carbocycles. The molecule has 1 aliphatic rings. The summed E-state index contributed by atoms with van der Waals surface area (Å²) >= 11 is 0. The molecule has 1 heterocycles. The number of hydrogen-bond acceptors (Lipinski definition) is 4. The molecule has 0 unspecified atom stereocenters. The molecule has 94 valence electrons. The van der Waals surface area contributed by atoms with Crippen LogP contribution >= 0.6 is 0 Å². The quantitative estimate of drug-likeness (QED) is 0.688. The molecular weight excluding hydrogens is 230 g/mol. The molecule has 16 heavy (non-hydrogen) atoms. The lowest BCUT2D eigenvalue weighted by atomic mass is 10.2. The predicted molar refractivity (Wildman–Crippen MR) is 61.2 cm³/mol. The van der Waals surface area contributed by atoms with Crippen molar-refractivity contribution in [1.29, 1.82) is 0 Å². The molecule has 0 radical (unpaired) electrons. The summed E-state index contributed by atoms with van der Waals surface area (Å²) in [6, 6.07) is 0. The van der Waals surface area contributed by atoms with Gasteiger partial charge in [-0.15, -0.1) is 0 Å². The summed E-state index contributed by atoms with van der Waals surface area (Å²) in [4.78, 5) is 12.4. The molecular formula is C10H19NO4S. The first-order valence-corrected chi connectivity index (χ1v) is 7.46. The Hall–Kier alpha value is -0.620. The number of carboxylic acid groups (broad SMARTS) is 1. The van der Waals surface area contributed by atoms with E-state index in [1.807, 2.05) is 0 Å². The number of sulfone groups is 1. The monoisotopic (exact) mass is 249 g/mol. The lowest BCUT2D eigenvalue weighted by Crippen LogP contribution is -2.40. The largest absolute Gasteiger partial charge is 0.481 e. The van der Waals surface area contributed by atoms with Crippen LogP contribution in [-0.4, -0.2) is 55.5 Å². The van der Waals surface area contributed by atoms with Gasteiger partial charge >= 0.3 is 5.97 Å². The fraction of sp³-hybridized carbons (Fsp3) is 0.900. The molecule has 0 saturated carbocycles. The van der Waals surface area contributed by atoms with Crippen molar-refractivity contribution < 1.29 is 18.3 Å². The maximum atomic E-state index is 11.2. The minimum Gasteiger partial charge on any atom is -0.481 e. The summed E-state index contributed by atoms with van der Waals surface area (Å²) in [5, 5.41) is 8.44. The Balaban J connectivity index is 2.04. The number of hydrogen-bond donors (Lipinski definition) is 1. The fourth-order valence-corrected chi connectivity index (χ4v) is 3.04. The molecule has 1 saturated heterocycles. The zero-order valence-electron chi connectivity index (χ0n) is 9.39. The van der Waals surface area contributed by atoms with E-state index >= 15 is 0 Å². The van der Waals surface area contributed by atoms with Crippen LogP contribution in [0.2, 0.25) is 0 Å². The number of carbonyl (C=O) groups is 1. The van der Waals surface area contributed by atoms with Crippen LogP contribution < -0.4 is 0 Å². The molecule has 0 aromatic heterocycles. The highest BCUT2D eigenvalue weighted by atomic mass is 32.2. The average Bonchev–Trinajstić information content (AvgIpc) is 2.19. The van der Waals surface area contributed by atoms with Crippen LogP contribution in [0, 0.1) is 0 Å². The molecule has 0 bridgehead atoms. The van der Waals surface area contributed by atoms with Gasteiger partial charge < -0.3 is 10.0 Å². The average molecular weight is 249 g/mol. The lowest BCUT2D eigenvalue weighted by Gasteiger charge is -2.26. The van der Waals surface area contributed by atoms with E-state index in [4.69, 9.17) is 5.11 Å². The second-order valence-corrected chi connectivity index (χ2v) is 6.50. The van der Waals surface area contributed by atoms with E-state index in [0.717, 1.165) is 19.4 Å². The summed E-state index contributed by atoms with van der Waals surface area (Å²) < 4.78 is 22.3. The molecule has 6 heteroatoms. The molecule has 5 nitrogen and oxygen atoms in total. The Morgan fingerprint density at radius 2 is 1.75 bits per heavy atom. The zero-order chi connectivity index (χ0) is 12.0. The molecule has 0 spiro atoms. The van der Waals surface area contributed by atoms with Crippen LogP contribution in [0.25, 0.3) is 0 Å². The minimum absolute atomic E-state index is 0.231. The minimum atomic E-state index is -2.78. The molecule has 0 aromatic rings. The van der Waals surface area contributed by atoms with Crippen molar-refractivity contribution in [2.75, 3.05) is 31.1 Å². The van der Waals surface area contributed by atoms with Gasteiger partial charge in [-0.1, -0.05) is 6.42 Å². The third-order valence-electron chi connectivity index (χ3n) is 2.80. The smallest absolute Gasteiger partial charge is 0.303 e. The van der Waals surface area contributed by atoms with Crippen LogP contribution in [-0.2, 0) is 14.6 Å². The van der Waals surface area contributed by atoms with E-state index in [1.54, 1.807) is 0 Å². The summed E-state index contributed by atoms with van der Waals surface area (Å²) in [6.07, 6.45) is 2.79. The highest BCUT2D eigenvalue weighted by Gasteiger charge is 2.20. The van der Waals surface area contributed by atoms with Gasteiger partial charge in [0.05, 0.1) is 11.5 Å². The number of carboxylic acids is 1. The van der Waals surface area contributed by atoms with Gasteiger partial charge in [-0.05, 0) is 19.4 Å². The summed E-state index contributed by atoms with van der Waals surface area (Å²) in [5.74, 6) is -0.214. The molecule has 1 fully saturated rings. The van der Waals surface area contributed by atoms with Gasteiger partial charge in [0.15, 0.2) is 9.84 Å². The van der Waals surface area contributed by atoms with Gasteiger partial charge in [0.1, 0.15) is 0 Å². The van der Waals surface area contributed by atoms with Gasteiger partial charge in [-0.3, -0.25) is 4.79 Å². The number of aliphatic carboxylic acids is 1. The van der Waals surface area contributed by atoms with Gasteiger partial charge in [0, 0.05) is 19.5 Å². The normalized spacial score (nSPS) is 20.8. The van der Waals surface area contributed by atoms with Gasteiger partial charge in [0.25, 0.3) is 0 Å². The van der Waals surface area contributed by atoms with Crippen LogP contribution in [0.15, 0.2) is 0 Å². The topological polar surface area (TPSA) is 74.7 Å². The van der Waals surface area contributed by atoms with Crippen LogP contribution in [0.4, 0.5) is 0 Å². The van der Waals surface area contributed by atoms with Crippen molar-refractivity contribution in [3.63, 3.8) is 0 Å². The summed E-state index contributed by atoms with van der Waals surface area (Å²) in [6.45, 7) is 2.14. The molecule has 0 atom stereocenters. The third-order valence-corrected chi connectivity index (χ3v) is 4.41. The van der Waals surface area contributed by atoms with E-state index in [1.165, 1.54) is 0 Å². The van der Waals surface area contributed by atoms with Crippen molar-refractivity contribution in [3.05, 3.63) is 0 Å². The van der Waals surface area contributed by atoms with E-state index in [-0.39, 0.29) is 17.9 Å². The van der Waals surface area contributed by atoms with E-state index < -0.39 is 15.8 Å². The number of unbranched alkanes of at least 4 members (excludes halogenated alkanes) is 2. The summed E-state index contributed by atoms with van der Waals surface area (Å²) in [7, 11) is -2.78. The summed E-state index contributed by atoms with van der Waals surface area (Å²) in [5.41, 5.74) is 0. The maximum Gasteiger partial charge on any atom is 0.303 e. The second-order valence-electron chi connectivity index (χ2n) is 4.20.